The van der Waals surface area contributed by atoms with Gasteiger partial charge in [-0.1, -0.05) is 0 Å². The average molecular weight is 220 g/mol. The maximum Gasteiger partial charge on any atom is 0.164 e. The Hall–Kier alpha value is -0.380. The fraction of sp³-hybridized carbons (Fsp3) is 0.444. The molecule has 0 aliphatic rings. The van der Waals surface area contributed by atoms with E-state index in [0.717, 1.165) is 12.1 Å². The lowest BCUT2D eigenvalue weighted by Gasteiger charge is -2.06. The number of ketones is 1. The first-order valence-corrected chi connectivity index (χ1v) is 4.84. The Kier molecular flexibility index (Phi) is 5.95. The van der Waals surface area contributed by atoms with Crippen LogP contribution in [0.3, 0.4) is 0 Å². The van der Waals surface area contributed by atoms with E-state index in [1.165, 1.54) is 0 Å². The fourth-order valence-electron chi connectivity index (χ4n) is 0.893. The van der Waals surface area contributed by atoms with Crippen LogP contribution in [0.2, 0.25) is 0 Å². The topological polar surface area (TPSA) is 20.3 Å². The SMILES string of the molecule is CN(C)CCC(=O)c1ccsc1.Cl. The molecule has 0 aromatic carbocycles. The number of halogens is 1. The van der Waals surface area contributed by atoms with Gasteiger partial charge in [-0.05, 0) is 25.5 Å². The summed E-state index contributed by atoms with van der Waals surface area (Å²) in [5.74, 6) is 0.241. The molecule has 2 nitrogen and oxygen atoms in total. The predicted molar refractivity (Wildman–Crippen MR) is 59.1 cm³/mol. The van der Waals surface area contributed by atoms with Gasteiger partial charge in [-0.25, -0.2) is 0 Å². The summed E-state index contributed by atoms with van der Waals surface area (Å²) in [6.45, 7) is 0.828. The number of hydrogen-bond acceptors (Lipinski definition) is 3. The highest BCUT2D eigenvalue weighted by Gasteiger charge is 2.05. The van der Waals surface area contributed by atoms with Crippen molar-refractivity contribution < 1.29 is 4.79 Å². The molecule has 1 aromatic rings. The molecule has 1 rings (SSSR count). The molecular weight excluding hydrogens is 206 g/mol. The molecule has 0 spiro atoms. The Bertz CT molecular complexity index is 246. The van der Waals surface area contributed by atoms with Gasteiger partial charge >= 0.3 is 0 Å². The van der Waals surface area contributed by atoms with Crippen molar-refractivity contribution in [2.75, 3.05) is 20.6 Å². The molecule has 13 heavy (non-hydrogen) atoms. The largest absolute Gasteiger partial charge is 0.309 e. The van der Waals surface area contributed by atoms with Crippen molar-refractivity contribution in [3.05, 3.63) is 22.4 Å². The minimum absolute atomic E-state index is 0. The minimum Gasteiger partial charge on any atom is -0.309 e. The molecule has 0 fully saturated rings. The third kappa shape index (κ3) is 4.41. The van der Waals surface area contributed by atoms with E-state index in [9.17, 15) is 4.79 Å². The monoisotopic (exact) mass is 219 g/mol. The van der Waals surface area contributed by atoms with Gasteiger partial charge < -0.3 is 4.90 Å². The molecule has 4 heteroatoms. The highest BCUT2D eigenvalue weighted by atomic mass is 35.5. The van der Waals surface area contributed by atoms with Gasteiger partial charge in [-0.2, -0.15) is 11.3 Å². The van der Waals surface area contributed by atoms with Crippen LogP contribution in [0, 0.1) is 0 Å². The van der Waals surface area contributed by atoms with Gasteiger partial charge in [-0.15, -0.1) is 12.4 Å². The number of thiophene rings is 1. The summed E-state index contributed by atoms with van der Waals surface area (Å²) in [4.78, 5) is 13.4. The molecule has 74 valence electrons. The summed E-state index contributed by atoms with van der Waals surface area (Å²) < 4.78 is 0. The fourth-order valence-corrected chi connectivity index (χ4v) is 1.55. The standard InChI is InChI=1S/C9H13NOS.ClH/c1-10(2)5-3-9(11)8-4-6-12-7-8;/h4,6-7H,3,5H2,1-2H3;1H. The van der Waals surface area contributed by atoms with Crippen molar-refractivity contribution in [1.29, 1.82) is 0 Å². The van der Waals surface area contributed by atoms with Crippen LogP contribution < -0.4 is 0 Å². The third-order valence-electron chi connectivity index (χ3n) is 1.63. The summed E-state index contributed by atoms with van der Waals surface area (Å²) in [7, 11) is 3.95. The Balaban J connectivity index is 0.00000144. The smallest absolute Gasteiger partial charge is 0.164 e. The molecule has 0 aliphatic carbocycles. The summed E-state index contributed by atoms with van der Waals surface area (Å²) in [6.07, 6.45) is 0.615. The van der Waals surface area contributed by atoms with Crippen LogP contribution in [0.1, 0.15) is 16.8 Å². The Morgan fingerprint density at radius 2 is 2.23 bits per heavy atom. The van der Waals surface area contributed by atoms with Gasteiger partial charge in [0.15, 0.2) is 5.78 Å². The van der Waals surface area contributed by atoms with E-state index in [-0.39, 0.29) is 18.2 Å². The molecule has 0 aliphatic heterocycles. The summed E-state index contributed by atoms with van der Waals surface area (Å²) in [6, 6.07) is 1.88. The van der Waals surface area contributed by atoms with Gasteiger partial charge in [-0.3, -0.25) is 4.79 Å². The zero-order valence-corrected chi connectivity index (χ0v) is 9.45. The summed E-state index contributed by atoms with van der Waals surface area (Å²) >= 11 is 1.57. The van der Waals surface area contributed by atoms with Crippen molar-refractivity contribution >= 4 is 29.5 Å². The highest BCUT2D eigenvalue weighted by Crippen LogP contribution is 2.08. The quantitative estimate of drug-likeness (QED) is 0.725. The second-order valence-corrected chi connectivity index (χ2v) is 3.77. The van der Waals surface area contributed by atoms with E-state index in [1.807, 2.05) is 35.8 Å². The van der Waals surface area contributed by atoms with Gasteiger partial charge in [0, 0.05) is 23.9 Å². The zero-order chi connectivity index (χ0) is 8.97. The number of nitrogens with zero attached hydrogens (tertiary/aromatic N) is 1. The van der Waals surface area contributed by atoms with Gasteiger partial charge in [0.25, 0.3) is 0 Å². The Labute approximate surface area is 89.0 Å². The van der Waals surface area contributed by atoms with Gasteiger partial charge in [0.05, 0.1) is 0 Å². The number of hydrogen-bond donors (Lipinski definition) is 0. The molecular formula is C9H14ClNOS. The van der Waals surface area contributed by atoms with Crippen LogP contribution in [-0.2, 0) is 0 Å². The number of carbonyl (C=O) groups is 1. The molecule has 0 saturated heterocycles. The van der Waals surface area contributed by atoms with Crippen LogP contribution in [-0.4, -0.2) is 31.3 Å². The molecule has 1 heterocycles. The predicted octanol–water partition coefficient (Wildman–Crippen LogP) is 2.30. The van der Waals surface area contributed by atoms with E-state index >= 15 is 0 Å². The lowest BCUT2D eigenvalue weighted by Crippen LogP contribution is -2.16. The molecule has 0 saturated carbocycles. The number of carbonyl (C=O) groups excluding carboxylic acids is 1. The van der Waals surface area contributed by atoms with Crippen molar-refractivity contribution in [3.8, 4) is 0 Å². The van der Waals surface area contributed by atoms with Gasteiger partial charge in [0.2, 0.25) is 0 Å². The van der Waals surface area contributed by atoms with Crippen LogP contribution in [0.25, 0.3) is 0 Å². The second-order valence-electron chi connectivity index (χ2n) is 2.99. The lowest BCUT2D eigenvalue weighted by atomic mass is 10.1. The molecule has 0 atom stereocenters. The van der Waals surface area contributed by atoms with Crippen molar-refractivity contribution in [1.82, 2.24) is 4.90 Å². The van der Waals surface area contributed by atoms with Crippen molar-refractivity contribution in [3.63, 3.8) is 0 Å². The molecule has 0 N–H and O–H groups in total. The van der Waals surface area contributed by atoms with E-state index in [4.69, 9.17) is 0 Å². The minimum atomic E-state index is 0. The van der Waals surface area contributed by atoms with Crippen LogP contribution in [0.4, 0.5) is 0 Å². The normalized spacial score (nSPS) is 9.77. The van der Waals surface area contributed by atoms with Crippen molar-refractivity contribution in [2.24, 2.45) is 0 Å². The van der Waals surface area contributed by atoms with E-state index in [0.29, 0.717) is 6.42 Å². The third-order valence-corrected chi connectivity index (χ3v) is 2.31. The lowest BCUT2D eigenvalue weighted by molar-refractivity contribution is 0.0973. The van der Waals surface area contributed by atoms with Crippen molar-refractivity contribution in [2.45, 2.75) is 6.42 Å². The summed E-state index contributed by atoms with van der Waals surface area (Å²) in [5, 5.41) is 3.83. The van der Waals surface area contributed by atoms with E-state index < -0.39 is 0 Å². The molecule has 0 amide bonds. The van der Waals surface area contributed by atoms with E-state index in [1.54, 1.807) is 11.3 Å². The summed E-state index contributed by atoms with van der Waals surface area (Å²) in [5.41, 5.74) is 0.849. The molecule has 0 unspecified atom stereocenters. The second kappa shape index (κ2) is 6.13. The first kappa shape index (κ1) is 12.6. The van der Waals surface area contributed by atoms with E-state index in [2.05, 4.69) is 0 Å². The Morgan fingerprint density at radius 1 is 1.54 bits per heavy atom. The highest BCUT2D eigenvalue weighted by molar-refractivity contribution is 7.08. The molecule has 1 aromatic heterocycles. The maximum absolute atomic E-state index is 11.4. The first-order valence-electron chi connectivity index (χ1n) is 3.90. The van der Waals surface area contributed by atoms with Crippen LogP contribution in [0.15, 0.2) is 16.8 Å². The maximum atomic E-state index is 11.4. The Morgan fingerprint density at radius 3 is 2.69 bits per heavy atom. The number of Topliss-reactive ketones (excluding diaryl/α,β-unsaturated/α-hetero) is 1. The van der Waals surface area contributed by atoms with Gasteiger partial charge in [0.1, 0.15) is 0 Å². The molecule has 0 radical (unpaired) electrons. The zero-order valence-electron chi connectivity index (χ0n) is 7.82. The number of rotatable bonds is 4. The van der Waals surface area contributed by atoms with Crippen LogP contribution >= 0.6 is 23.7 Å². The van der Waals surface area contributed by atoms with Crippen LogP contribution in [0.5, 0.6) is 0 Å². The average Bonchev–Trinajstić information content (AvgIpc) is 2.51. The first-order chi connectivity index (χ1) is 5.70. The molecule has 0 bridgehead atoms.